The van der Waals surface area contributed by atoms with Crippen LogP contribution in [-0.4, -0.2) is 47.0 Å². The highest BCUT2D eigenvalue weighted by atomic mass is 32.1. The molecular formula is C23H20N4OS. The number of amides is 1. The molecule has 144 valence electrons. The van der Waals surface area contributed by atoms with Crippen LogP contribution < -0.4 is 4.90 Å². The molecular weight excluding hydrogens is 380 g/mol. The van der Waals surface area contributed by atoms with Crippen molar-refractivity contribution in [2.45, 2.75) is 0 Å². The predicted molar refractivity (Wildman–Crippen MR) is 117 cm³/mol. The second-order valence-corrected chi connectivity index (χ2v) is 7.96. The zero-order valence-electron chi connectivity index (χ0n) is 15.9. The van der Waals surface area contributed by atoms with Crippen molar-refractivity contribution in [1.82, 2.24) is 14.9 Å². The average Bonchev–Trinajstić information content (AvgIpc) is 3.33. The Kier molecular flexibility index (Phi) is 4.69. The highest BCUT2D eigenvalue weighted by molar-refractivity contribution is 7.12. The van der Waals surface area contributed by atoms with Gasteiger partial charge in [0.1, 0.15) is 0 Å². The van der Waals surface area contributed by atoms with Gasteiger partial charge in [-0.3, -0.25) is 4.79 Å². The fourth-order valence-corrected chi connectivity index (χ4v) is 4.38. The highest BCUT2D eigenvalue weighted by Crippen LogP contribution is 2.28. The number of carbonyl (C=O) groups is 1. The quantitative estimate of drug-likeness (QED) is 0.514. The molecule has 5 rings (SSSR count). The minimum Gasteiger partial charge on any atom is -0.337 e. The Balaban J connectivity index is 1.43. The number of para-hydroxylation sites is 1. The zero-order valence-corrected chi connectivity index (χ0v) is 16.7. The van der Waals surface area contributed by atoms with Crippen LogP contribution in [0.5, 0.6) is 0 Å². The predicted octanol–water partition coefficient (Wildman–Crippen LogP) is 4.32. The van der Waals surface area contributed by atoms with E-state index in [0.29, 0.717) is 13.1 Å². The molecule has 1 aliphatic heterocycles. The lowest BCUT2D eigenvalue weighted by molar-refractivity contribution is 0.0751. The van der Waals surface area contributed by atoms with Gasteiger partial charge in [0.25, 0.3) is 5.91 Å². The van der Waals surface area contributed by atoms with Crippen molar-refractivity contribution in [1.29, 1.82) is 0 Å². The number of thiophene rings is 1. The molecule has 29 heavy (non-hydrogen) atoms. The van der Waals surface area contributed by atoms with Crippen molar-refractivity contribution < 1.29 is 4.79 Å². The molecule has 1 saturated heterocycles. The molecule has 0 radical (unpaired) electrons. The molecule has 0 bridgehead atoms. The Bertz CT molecular complexity index is 1140. The number of carbonyl (C=O) groups excluding carboxylic acids is 1. The molecule has 0 N–H and O–H groups in total. The summed E-state index contributed by atoms with van der Waals surface area (Å²) in [4.78, 5) is 27.2. The van der Waals surface area contributed by atoms with Crippen LogP contribution in [-0.2, 0) is 0 Å². The third-order valence-electron chi connectivity index (χ3n) is 5.22. The van der Waals surface area contributed by atoms with Gasteiger partial charge in [-0.05, 0) is 17.5 Å². The maximum atomic E-state index is 12.6. The smallest absolute Gasteiger partial charge is 0.264 e. The minimum absolute atomic E-state index is 0.115. The summed E-state index contributed by atoms with van der Waals surface area (Å²) in [5, 5.41) is 2.99. The third kappa shape index (κ3) is 3.47. The number of fused-ring (bicyclic) bond motifs is 1. The van der Waals surface area contributed by atoms with Crippen LogP contribution in [0.15, 0.2) is 72.1 Å². The van der Waals surface area contributed by atoms with E-state index in [1.807, 2.05) is 58.8 Å². The normalized spacial score (nSPS) is 14.3. The van der Waals surface area contributed by atoms with Gasteiger partial charge in [-0.15, -0.1) is 11.3 Å². The van der Waals surface area contributed by atoms with Gasteiger partial charge in [0, 0.05) is 37.1 Å². The van der Waals surface area contributed by atoms with E-state index in [1.165, 1.54) is 11.3 Å². The van der Waals surface area contributed by atoms with Crippen molar-refractivity contribution >= 4 is 34.1 Å². The first-order chi connectivity index (χ1) is 14.3. The first kappa shape index (κ1) is 17.8. The summed E-state index contributed by atoms with van der Waals surface area (Å²) in [6.07, 6.45) is 0. The summed E-state index contributed by atoms with van der Waals surface area (Å²) in [5.41, 5.74) is 2.97. The number of anilines is 1. The minimum atomic E-state index is 0.115. The molecule has 0 atom stereocenters. The Morgan fingerprint density at radius 2 is 1.59 bits per heavy atom. The molecule has 0 saturated carbocycles. The number of hydrogen-bond acceptors (Lipinski definition) is 5. The van der Waals surface area contributed by atoms with E-state index in [1.54, 1.807) is 0 Å². The van der Waals surface area contributed by atoms with Gasteiger partial charge in [0.05, 0.1) is 16.1 Å². The van der Waals surface area contributed by atoms with Crippen molar-refractivity contribution in [2.24, 2.45) is 0 Å². The maximum Gasteiger partial charge on any atom is 0.264 e. The lowest BCUT2D eigenvalue weighted by atomic mass is 10.1. The van der Waals surface area contributed by atoms with Gasteiger partial charge in [-0.1, -0.05) is 54.6 Å². The van der Waals surface area contributed by atoms with Gasteiger partial charge in [0.15, 0.2) is 0 Å². The second-order valence-electron chi connectivity index (χ2n) is 7.01. The van der Waals surface area contributed by atoms with Crippen molar-refractivity contribution in [3.8, 4) is 11.3 Å². The van der Waals surface area contributed by atoms with Crippen LogP contribution in [0.2, 0.25) is 0 Å². The molecule has 5 nitrogen and oxygen atoms in total. The van der Waals surface area contributed by atoms with E-state index >= 15 is 0 Å². The SMILES string of the molecule is O=C(c1cccs1)N1CCN(c2nc(-c3ccccc3)c3ccccc3n2)CC1. The van der Waals surface area contributed by atoms with Crippen LogP contribution in [0.25, 0.3) is 22.2 Å². The molecule has 0 aliphatic carbocycles. The Labute approximate surface area is 173 Å². The van der Waals surface area contributed by atoms with E-state index in [2.05, 4.69) is 23.1 Å². The fraction of sp³-hybridized carbons (Fsp3) is 0.174. The van der Waals surface area contributed by atoms with Crippen molar-refractivity contribution in [2.75, 3.05) is 31.1 Å². The summed E-state index contributed by atoms with van der Waals surface area (Å²) in [7, 11) is 0. The largest absolute Gasteiger partial charge is 0.337 e. The van der Waals surface area contributed by atoms with Gasteiger partial charge < -0.3 is 9.80 Å². The van der Waals surface area contributed by atoms with Gasteiger partial charge in [-0.2, -0.15) is 0 Å². The molecule has 0 unspecified atom stereocenters. The summed E-state index contributed by atoms with van der Waals surface area (Å²) in [5.74, 6) is 0.842. The Hall–Kier alpha value is -3.25. The molecule has 2 aromatic carbocycles. The molecule has 4 aromatic rings. The lowest BCUT2D eigenvalue weighted by Crippen LogP contribution is -2.49. The lowest BCUT2D eigenvalue weighted by Gasteiger charge is -2.34. The number of benzene rings is 2. The fourth-order valence-electron chi connectivity index (χ4n) is 3.69. The summed E-state index contributed by atoms with van der Waals surface area (Å²) in [6, 6.07) is 22.2. The summed E-state index contributed by atoms with van der Waals surface area (Å²) < 4.78 is 0. The monoisotopic (exact) mass is 400 g/mol. The van der Waals surface area contributed by atoms with Gasteiger partial charge in [0.2, 0.25) is 5.95 Å². The maximum absolute atomic E-state index is 12.6. The first-order valence-electron chi connectivity index (χ1n) is 9.69. The second kappa shape index (κ2) is 7.64. The zero-order chi connectivity index (χ0) is 19.6. The van der Waals surface area contributed by atoms with Crippen LogP contribution in [0, 0.1) is 0 Å². The molecule has 1 amide bonds. The Morgan fingerprint density at radius 1 is 0.828 bits per heavy atom. The summed E-state index contributed by atoms with van der Waals surface area (Å²) >= 11 is 1.49. The Morgan fingerprint density at radius 3 is 2.34 bits per heavy atom. The molecule has 2 aromatic heterocycles. The topological polar surface area (TPSA) is 49.3 Å². The molecule has 1 fully saturated rings. The van der Waals surface area contributed by atoms with Crippen LogP contribution >= 0.6 is 11.3 Å². The molecule has 0 spiro atoms. The number of rotatable bonds is 3. The van der Waals surface area contributed by atoms with Crippen molar-refractivity contribution in [3.05, 3.63) is 77.0 Å². The van der Waals surface area contributed by atoms with E-state index in [-0.39, 0.29) is 5.91 Å². The average molecular weight is 401 g/mol. The number of aromatic nitrogens is 2. The third-order valence-corrected chi connectivity index (χ3v) is 6.08. The number of piperazine rings is 1. The van der Waals surface area contributed by atoms with Crippen LogP contribution in [0.4, 0.5) is 5.95 Å². The molecule has 1 aliphatic rings. The van der Waals surface area contributed by atoms with E-state index < -0.39 is 0 Å². The van der Waals surface area contributed by atoms with Gasteiger partial charge in [-0.25, -0.2) is 9.97 Å². The first-order valence-corrected chi connectivity index (χ1v) is 10.6. The van der Waals surface area contributed by atoms with Crippen molar-refractivity contribution in [3.63, 3.8) is 0 Å². The number of hydrogen-bond donors (Lipinski definition) is 0. The molecule has 6 heteroatoms. The standard InChI is InChI=1S/C23H20N4OS/c28-22(20-11-6-16-29-20)26-12-14-27(15-13-26)23-24-19-10-5-4-9-18(19)21(25-23)17-7-2-1-3-8-17/h1-11,16H,12-15H2. The molecule has 3 heterocycles. The number of nitrogens with zero attached hydrogens (tertiary/aromatic N) is 4. The highest BCUT2D eigenvalue weighted by Gasteiger charge is 2.24. The van der Waals surface area contributed by atoms with Crippen LogP contribution in [0.3, 0.4) is 0 Å². The van der Waals surface area contributed by atoms with Crippen LogP contribution in [0.1, 0.15) is 9.67 Å². The van der Waals surface area contributed by atoms with E-state index in [0.717, 1.165) is 46.1 Å². The summed E-state index contributed by atoms with van der Waals surface area (Å²) in [6.45, 7) is 2.80. The van der Waals surface area contributed by atoms with E-state index in [4.69, 9.17) is 9.97 Å². The van der Waals surface area contributed by atoms with E-state index in [9.17, 15) is 4.79 Å². The van der Waals surface area contributed by atoms with Gasteiger partial charge >= 0.3 is 0 Å².